The lowest BCUT2D eigenvalue weighted by atomic mass is 9.94. The van der Waals surface area contributed by atoms with Crippen LogP contribution in [0.1, 0.15) is 19.4 Å². The van der Waals surface area contributed by atoms with E-state index in [-0.39, 0.29) is 12.0 Å². The van der Waals surface area contributed by atoms with Gasteiger partial charge in [-0.2, -0.15) is 0 Å². The van der Waals surface area contributed by atoms with Crippen LogP contribution in [0, 0.1) is 5.41 Å². The summed E-state index contributed by atoms with van der Waals surface area (Å²) in [6, 6.07) is 6.10. The quantitative estimate of drug-likeness (QED) is 0.876. The van der Waals surface area contributed by atoms with Gasteiger partial charge in [-0.15, -0.1) is 0 Å². The van der Waals surface area contributed by atoms with Crippen LogP contribution >= 0.6 is 15.9 Å². The van der Waals surface area contributed by atoms with Gasteiger partial charge in [-0.25, -0.2) is 0 Å². The minimum absolute atomic E-state index is 0.0710. The molecule has 0 fully saturated rings. The summed E-state index contributed by atoms with van der Waals surface area (Å²) in [4.78, 5) is 2.21. The van der Waals surface area contributed by atoms with Gasteiger partial charge in [0.1, 0.15) is 5.75 Å². The summed E-state index contributed by atoms with van der Waals surface area (Å²) in [5, 5.41) is 9.27. The monoisotopic (exact) mass is 315 g/mol. The van der Waals surface area contributed by atoms with Gasteiger partial charge in [-0.05, 0) is 40.7 Å². The van der Waals surface area contributed by atoms with E-state index >= 15 is 0 Å². The van der Waals surface area contributed by atoms with Crippen LogP contribution in [0.15, 0.2) is 22.7 Å². The number of hydrogen-bond donors (Lipinski definition) is 1. The SMILES string of the molecule is COc1ccc(CN(C)CC(C)(C)CO)cc1Br. The molecule has 1 aromatic carbocycles. The highest BCUT2D eigenvalue weighted by Gasteiger charge is 2.19. The molecule has 0 aromatic heterocycles. The summed E-state index contributed by atoms with van der Waals surface area (Å²) in [7, 11) is 3.73. The molecular weight excluding hydrogens is 294 g/mol. The Labute approximate surface area is 118 Å². The zero-order valence-electron chi connectivity index (χ0n) is 11.5. The number of methoxy groups -OCH3 is 1. The average Bonchev–Trinajstić information content (AvgIpc) is 2.28. The van der Waals surface area contributed by atoms with Crippen molar-refractivity contribution in [3.8, 4) is 5.75 Å². The van der Waals surface area contributed by atoms with Crippen molar-refractivity contribution in [1.82, 2.24) is 4.90 Å². The van der Waals surface area contributed by atoms with E-state index in [0.717, 1.165) is 23.3 Å². The summed E-state index contributed by atoms with van der Waals surface area (Å²) >= 11 is 3.49. The molecule has 0 aliphatic carbocycles. The molecule has 1 aromatic rings. The van der Waals surface area contributed by atoms with Gasteiger partial charge in [0, 0.05) is 25.1 Å². The van der Waals surface area contributed by atoms with Gasteiger partial charge in [0.15, 0.2) is 0 Å². The third-order valence-electron chi connectivity index (χ3n) is 2.79. The maximum absolute atomic E-state index is 9.27. The molecule has 4 heteroatoms. The maximum Gasteiger partial charge on any atom is 0.133 e. The van der Waals surface area contributed by atoms with Gasteiger partial charge >= 0.3 is 0 Å². The fraction of sp³-hybridized carbons (Fsp3) is 0.571. The van der Waals surface area contributed by atoms with Gasteiger partial charge in [-0.1, -0.05) is 19.9 Å². The largest absolute Gasteiger partial charge is 0.496 e. The lowest BCUT2D eigenvalue weighted by Crippen LogP contribution is -2.33. The molecule has 102 valence electrons. The summed E-state index contributed by atoms with van der Waals surface area (Å²) in [6.07, 6.45) is 0. The minimum atomic E-state index is -0.0710. The third-order valence-corrected chi connectivity index (χ3v) is 3.41. The van der Waals surface area contributed by atoms with Crippen molar-refractivity contribution in [3.63, 3.8) is 0 Å². The molecule has 0 radical (unpaired) electrons. The Morgan fingerprint density at radius 2 is 2.06 bits per heavy atom. The molecule has 1 rings (SSSR count). The molecule has 1 N–H and O–H groups in total. The van der Waals surface area contributed by atoms with E-state index in [1.807, 2.05) is 6.07 Å². The lowest BCUT2D eigenvalue weighted by Gasteiger charge is -2.28. The molecule has 0 saturated carbocycles. The number of nitrogens with zero attached hydrogens (tertiary/aromatic N) is 1. The number of halogens is 1. The Hall–Kier alpha value is -0.580. The number of aliphatic hydroxyl groups excluding tert-OH is 1. The van der Waals surface area contributed by atoms with Crippen LogP contribution in [0.25, 0.3) is 0 Å². The third kappa shape index (κ3) is 4.59. The molecule has 0 unspecified atom stereocenters. The molecule has 0 spiro atoms. The topological polar surface area (TPSA) is 32.7 Å². The number of aliphatic hydroxyl groups is 1. The van der Waals surface area contributed by atoms with Crippen molar-refractivity contribution in [1.29, 1.82) is 0 Å². The van der Waals surface area contributed by atoms with Crippen LogP contribution in [0.2, 0.25) is 0 Å². The second kappa shape index (κ2) is 6.55. The summed E-state index contributed by atoms with van der Waals surface area (Å²) < 4.78 is 6.18. The molecule has 18 heavy (non-hydrogen) atoms. The van der Waals surface area contributed by atoms with E-state index in [1.54, 1.807) is 7.11 Å². The second-order valence-corrected chi connectivity index (χ2v) is 6.32. The maximum atomic E-state index is 9.27. The van der Waals surface area contributed by atoms with Crippen molar-refractivity contribution >= 4 is 15.9 Å². The van der Waals surface area contributed by atoms with Gasteiger partial charge in [0.2, 0.25) is 0 Å². The first-order chi connectivity index (χ1) is 8.38. The van der Waals surface area contributed by atoms with E-state index in [4.69, 9.17) is 4.74 Å². The summed E-state index contributed by atoms with van der Waals surface area (Å²) in [6.45, 7) is 6.03. The number of ether oxygens (including phenoxy) is 1. The van der Waals surface area contributed by atoms with Crippen LogP contribution in [0.3, 0.4) is 0 Å². The second-order valence-electron chi connectivity index (χ2n) is 5.46. The highest BCUT2D eigenvalue weighted by Crippen LogP contribution is 2.26. The van der Waals surface area contributed by atoms with Crippen LogP contribution in [0.4, 0.5) is 0 Å². The molecular formula is C14H22BrNO2. The van der Waals surface area contributed by atoms with Crippen LogP contribution in [-0.4, -0.2) is 37.3 Å². The number of rotatable bonds is 6. The van der Waals surface area contributed by atoms with Crippen molar-refractivity contribution in [2.45, 2.75) is 20.4 Å². The fourth-order valence-electron chi connectivity index (χ4n) is 1.96. The number of benzene rings is 1. The highest BCUT2D eigenvalue weighted by atomic mass is 79.9. The van der Waals surface area contributed by atoms with E-state index in [1.165, 1.54) is 5.56 Å². The fourth-order valence-corrected chi connectivity index (χ4v) is 2.54. The van der Waals surface area contributed by atoms with Crippen LogP contribution in [0.5, 0.6) is 5.75 Å². The van der Waals surface area contributed by atoms with E-state index in [0.29, 0.717) is 0 Å². The zero-order valence-corrected chi connectivity index (χ0v) is 13.1. The van der Waals surface area contributed by atoms with Crippen LogP contribution < -0.4 is 4.74 Å². The Morgan fingerprint density at radius 1 is 1.39 bits per heavy atom. The van der Waals surface area contributed by atoms with Gasteiger partial charge in [0.05, 0.1) is 11.6 Å². The minimum Gasteiger partial charge on any atom is -0.496 e. The molecule has 0 bridgehead atoms. The zero-order chi connectivity index (χ0) is 13.8. The number of hydrogen-bond acceptors (Lipinski definition) is 3. The Balaban J connectivity index is 2.65. The lowest BCUT2D eigenvalue weighted by molar-refractivity contribution is 0.112. The predicted octanol–water partition coefficient (Wildman–Crippen LogP) is 2.91. The molecule has 0 heterocycles. The first kappa shape index (κ1) is 15.5. The van der Waals surface area contributed by atoms with Gasteiger partial charge < -0.3 is 14.7 Å². The summed E-state index contributed by atoms with van der Waals surface area (Å²) in [5.74, 6) is 0.845. The Bertz CT molecular complexity index is 393. The molecule has 0 aliphatic rings. The van der Waals surface area contributed by atoms with Crippen molar-refractivity contribution < 1.29 is 9.84 Å². The molecule has 0 aliphatic heterocycles. The Morgan fingerprint density at radius 3 is 2.56 bits per heavy atom. The van der Waals surface area contributed by atoms with Crippen molar-refractivity contribution in [3.05, 3.63) is 28.2 Å². The first-order valence-corrected chi connectivity index (χ1v) is 6.79. The van der Waals surface area contributed by atoms with E-state index < -0.39 is 0 Å². The average molecular weight is 316 g/mol. The predicted molar refractivity (Wildman–Crippen MR) is 77.9 cm³/mol. The summed E-state index contributed by atoms with van der Waals surface area (Å²) in [5.41, 5.74) is 1.15. The molecule has 3 nitrogen and oxygen atoms in total. The normalized spacial score (nSPS) is 11.9. The van der Waals surface area contributed by atoms with Crippen LogP contribution in [-0.2, 0) is 6.54 Å². The van der Waals surface area contributed by atoms with E-state index in [2.05, 4.69) is 53.9 Å². The standard InChI is InChI=1S/C14H22BrNO2/c1-14(2,10-17)9-16(3)8-11-5-6-13(18-4)12(15)7-11/h5-7,17H,8-10H2,1-4H3. The smallest absolute Gasteiger partial charge is 0.133 e. The van der Waals surface area contributed by atoms with E-state index in [9.17, 15) is 5.11 Å². The molecule has 0 amide bonds. The molecule has 0 atom stereocenters. The first-order valence-electron chi connectivity index (χ1n) is 6.00. The highest BCUT2D eigenvalue weighted by molar-refractivity contribution is 9.10. The van der Waals surface area contributed by atoms with Crippen molar-refractivity contribution in [2.24, 2.45) is 5.41 Å². The van der Waals surface area contributed by atoms with Gasteiger partial charge in [0.25, 0.3) is 0 Å². The van der Waals surface area contributed by atoms with Crippen molar-refractivity contribution in [2.75, 3.05) is 27.3 Å². The molecule has 0 saturated heterocycles. The Kier molecular flexibility index (Phi) is 5.63. The van der Waals surface area contributed by atoms with Gasteiger partial charge in [-0.3, -0.25) is 0 Å².